The molecule has 1 heterocycles. The Labute approximate surface area is 125 Å². The summed E-state index contributed by atoms with van der Waals surface area (Å²) in [6.45, 7) is 6.23. The van der Waals surface area contributed by atoms with Crippen molar-refractivity contribution >= 4 is 17.3 Å². The van der Waals surface area contributed by atoms with Gasteiger partial charge in [0.2, 0.25) is 0 Å². The molecule has 0 radical (unpaired) electrons. The van der Waals surface area contributed by atoms with Crippen LogP contribution in [0.1, 0.15) is 36.3 Å². The molecule has 1 atom stereocenters. The zero-order valence-electron chi connectivity index (χ0n) is 12.7. The summed E-state index contributed by atoms with van der Waals surface area (Å²) >= 11 is 0. The van der Waals surface area contributed by atoms with Gasteiger partial charge in [0.05, 0.1) is 0 Å². The van der Waals surface area contributed by atoms with Gasteiger partial charge in [0.1, 0.15) is 5.69 Å². The second kappa shape index (κ2) is 6.88. The molecule has 110 valence electrons. The summed E-state index contributed by atoms with van der Waals surface area (Å²) < 4.78 is 0. The number of aryl methyl sites for hydroxylation is 1. The third-order valence-electron chi connectivity index (χ3n) is 3.33. The van der Waals surface area contributed by atoms with E-state index in [2.05, 4.69) is 29.5 Å². The van der Waals surface area contributed by atoms with Crippen molar-refractivity contribution in [3.63, 3.8) is 0 Å². The maximum atomic E-state index is 12.2. The van der Waals surface area contributed by atoms with Crippen molar-refractivity contribution < 1.29 is 4.79 Å². The number of rotatable bonds is 5. The summed E-state index contributed by atoms with van der Waals surface area (Å²) in [4.78, 5) is 16.3. The number of pyridine rings is 1. The van der Waals surface area contributed by atoms with E-state index in [-0.39, 0.29) is 5.91 Å². The van der Waals surface area contributed by atoms with Crippen LogP contribution in [0.4, 0.5) is 11.4 Å². The number of amides is 1. The summed E-state index contributed by atoms with van der Waals surface area (Å²) in [5, 5.41) is 6.19. The molecule has 0 aliphatic rings. The Morgan fingerprint density at radius 3 is 2.57 bits per heavy atom. The van der Waals surface area contributed by atoms with E-state index in [1.807, 2.05) is 37.3 Å². The maximum absolute atomic E-state index is 12.2. The molecule has 1 aromatic heterocycles. The molecule has 0 fully saturated rings. The summed E-state index contributed by atoms with van der Waals surface area (Å²) in [7, 11) is 0. The van der Waals surface area contributed by atoms with E-state index in [0.29, 0.717) is 11.7 Å². The molecule has 2 rings (SSSR count). The highest BCUT2D eigenvalue weighted by Gasteiger charge is 2.09. The van der Waals surface area contributed by atoms with E-state index in [0.717, 1.165) is 23.4 Å². The Balaban J connectivity index is 2.08. The minimum absolute atomic E-state index is 0.202. The number of carbonyl (C=O) groups is 1. The first-order valence-corrected chi connectivity index (χ1v) is 7.19. The number of nitrogens with one attached hydrogen (secondary N) is 2. The van der Waals surface area contributed by atoms with E-state index in [1.54, 1.807) is 12.3 Å². The predicted molar refractivity (Wildman–Crippen MR) is 86.7 cm³/mol. The topological polar surface area (TPSA) is 54.0 Å². The van der Waals surface area contributed by atoms with Crippen molar-refractivity contribution in [2.45, 2.75) is 33.2 Å². The average Bonchev–Trinajstić information content (AvgIpc) is 2.49. The molecule has 4 heteroatoms. The molecule has 0 spiro atoms. The Morgan fingerprint density at radius 2 is 1.90 bits per heavy atom. The monoisotopic (exact) mass is 283 g/mol. The number of anilines is 2. The van der Waals surface area contributed by atoms with Gasteiger partial charge < -0.3 is 10.6 Å². The Morgan fingerprint density at radius 1 is 1.19 bits per heavy atom. The van der Waals surface area contributed by atoms with Crippen LogP contribution in [0.2, 0.25) is 0 Å². The fourth-order valence-corrected chi connectivity index (χ4v) is 1.86. The van der Waals surface area contributed by atoms with Crippen LogP contribution in [0.15, 0.2) is 42.6 Å². The molecule has 21 heavy (non-hydrogen) atoms. The van der Waals surface area contributed by atoms with Crippen molar-refractivity contribution in [2.24, 2.45) is 0 Å². The number of nitrogens with zero attached hydrogens (tertiary/aromatic N) is 1. The summed E-state index contributed by atoms with van der Waals surface area (Å²) in [5.74, 6) is -0.202. The van der Waals surface area contributed by atoms with Crippen molar-refractivity contribution in [1.82, 2.24) is 4.98 Å². The first kappa shape index (κ1) is 15.0. The van der Waals surface area contributed by atoms with Crippen LogP contribution in [0, 0.1) is 6.92 Å². The van der Waals surface area contributed by atoms with Gasteiger partial charge in [0.25, 0.3) is 5.91 Å². The van der Waals surface area contributed by atoms with Gasteiger partial charge in [-0.15, -0.1) is 0 Å². The molecule has 0 saturated carbocycles. The minimum atomic E-state index is -0.202. The molecule has 0 aliphatic heterocycles. The van der Waals surface area contributed by atoms with E-state index >= 15 is 0 Å². The molecule has 0 bridgehead atoms. The van der Waals surface area contributed by atoms with Crippen LogP contribution in [0.25, 0.3) is 0 Å². The second-order valence-electron chi connectivity index (χ2n) is 5.20. The van der Waals surface area contributed by atoms with Crippen molar-refractivity contribution in [1.29, 1.82) is 0 Å². The number of aromatic nitrogens is 1. The van der Waals surface area contributed by atoms with Gasteiger partial charge in [-0.05, 0) is 44.5 Å². The molecule has 1 unspecified atom stereocenters. The minimum Gasteiger partial charge on any atom is -0.382 e. The molecule has 0 saturated heterocycles. The van der Waals surface area contributed by atoms with Gasteiger partial charge in [0, 0.05) is 23.6 Å². The lowest BCUT2D eigenvalue weighted by Crippen LogP contribution is -2.16. The molecular weight excluding hydrogens is 262 g/mol. The number of carbonyl (C=O) groups excluding carboxylic acids is 1. The predicted octanol–water partition coefficient (Wildman–Crippen LogP) is 3.85. The Kier molecular flexibility index (Phi) is 4.93. The van der Waals surface area contributed by atoms with Crippen molar-refractivity contribution in [3.05, 3.63) is 53.9 Å². The quantitative estimate of drug-likeness (QED) is 0.876. The van der Waals surface area contributed by atoms with E-state index in [1.165, 1.54) is 0 Å². The smallest absolute Gasteiger partial charge is 0.274 e. The third-order valence-corrected chi connectivity index (χ3v) is 3.33. The van der Waals surface area contributed by atoms with Gasteiger partial charge in [-0.3, -0.25) is 9.78 Å². The van der Waals surface area contributed by atoms with Gasteiger partial charge in [-0.25, -0.2) is 0 Å². The van der Waals surface area contributed by atoms with E-state index in [9.17, 15) is 4.79 Å². The van der Waals surface area contributed by atoms with Gasteiger partial charge in [-0.1, -0.05) is 24.6 Å². The molecule has 2 aromatic rings. The van der Waals surface area contributed by atoms with Crippen LogP contribution < -0.4 is 10.6 Å². The fraction of sp³-hybridized carbons (Fsp3) is 0.294. The first-order chi connectivity index (χ1) is 10.1. The van der Waals surface area contributed by atoms with Crippen LogP contribution in [-0.2, 0) is 0 Å². The molecule has 1 aromatic carbocycles. The summed E-state index contributed by atoms with van der Waals surface area (Å²) in [5.41, 5.74) is 3.25. The number of benzene rings is 1. The highest BCUT2D eigenvalue weighted by Crippen LogP contribution is 2.13. The largest absolute Gasteiger partial charge is 0.382 e. The zero-order valence-corrected chi connectivity index (χ0v) is 12.7. The van der Waals surface area contributed by atoms with Crippen LogP contribution >= 0.6 is 0 Å². The number of hydrogen-bond donors (Lipinski definition) is 2. The van der Waals surface area contributed by atoms with Crippen molar-refractivity contribution in [2.75, 3.05) is 10.6 Å². The van der Waals surface area contributed by atoms with Gasteiger partial charge in [-0.2, -0.15) is 0 Å². The van der Waals surface area contributed by atoms with Gasteiger partial charge in [0.15, 0.2) is 0 Å². The maximum Gasteiger partial charge on any atom is 0.274 e. The lowest BCUT2D eigenvalue weighted by molar-refractivity contribution is 0.102. The van der Waals surface area contributed by atoms with Crippen molar-refractivity contribution in [3.8, 4) is 0 Å². The second-order valence-corrected chi connectivity index (χ2v) is 5.20. The average molecular weight is 283 g/mol. The van der Waals surface area contributed by atoms with Crippen LogP contribution in [0.5, 0.6) is 0 Å². The molecular formula is C17H21N3O. The van der Waals surface area contributed by atoms with Gasteiger partial charge >= 0.3 is 0 Å². The normalized spacial score (nSPS) is 11.8. The lowest BCUT2D eigenvalue weighted by atomic mass is 10.2. The van der Waals surface area contributed by atoms with E-state index < -0.39 is 0 Å². The molecule has 2 N–H and O–H groups in total. The zero-order chi connectivity index (χ0) is 15.2. The summed E-state index contributed by atoms with van der Waals surface area (Å²) in [6, 6.07) is 11.7. The Bertz CT molecular complexity index is 608. The summed E-state index contributed by atoms with van der Waals surface area (Å²) in [6.07, 6.45) is 2.67. The Hall–Kier alpha value is -2.36. The first-order valence-electron chi connectivity index (χ1n) is 7.19. The number of hydrogen-bond acceptors (Lipinski definition) is 3. The standard InChI is InChI=1S/C17H21N3O/c1-4-13(3)19-15-9-10-18-16(11-15)17(21)20-14-7-5-12(2)6-8-14/h5-11,13H,4H2,1-3H3,(H,18,19)(H,20,21). The molecule has 1 amide bonds. The lowest BCUT2D eigenvalue weighted by Gasteiger charge is -2.13. The fourth-order valence-electron chi connectivity index (χ4n) is 1.86. The molecule has 4 nitrogen and oxygen atoms in total. The third kappa shape index (κ3) is 4.31. The highest BCUT2D eigenvalue weighted by molar-refractivity contribution is 6.03. The van der Waals surface area contributed by atoms with Crippen LogP contribution in [0.3, 0.4) is 0 Å². The van der Waals surface area contributed by atoms with E-state index in [4.69, 9.17) is 0 Å². The van der Waals surface area contributed by atoms with Crippen LogP contribution in [-0.4, -0.2) is 16.9 Å². The SMILES string of the molecule is CCC(C)Nc1ccnc(C(=O)Nc2ccc(C)cc2)c1. The highest BCUT2D eigenvalue weighted by atomic mass is 16.1. The molecule has 0 aliphatic carbocycles.